The molecule has 104 valence electrons. The highest BCUT2D eigenvalue weighted by Gasteiger charge is 2.30. The van der Waals surface area contributed by atoms with Gasteiger partial charge in [-0.3, -0.25) is 15.1 Å². The number of thiophene rings is 1. The third-order valence-corrected chi connectivity index (χ3v) is 5.25. The number of pyridine rings is 1. The molecule has 2 aromatic rings. The highest BCUT2D eigenvalue weighted by molar-refractivity contribution is 7.99. The van der Waals surface area contributed by atoms with Crippen LogP contribution in [0.15, 0.2) is 42.0 Å². The molecule has 1 amide bonds. The zero-order valence-electron chi connectivity index (χ0n) is 10.8. The fourth-order valence-corrected chi connectivity index (χ4v) is 3.93. The molecule has 3 heterocycles. The Morgan fingerprint density at radius 1 is 1.45 bits per heavy atom. The number of amides is 1. The van der Waals surface area contributed by atoms with Crippen molar-refractivity contribution >= 4 is 29.0 Å². The monoisotopic (exact) mass is 305 g/mol. The van der Waals surface area contributed by atoms with Gasteiger partial charge in [0.15, 0.2) is 0 Å². The van der Waals surface area contributed by atoms with Gasteiger partial charge in [0.2, 0.25) is 5.91 Å². The molecule has 2 N–H and O–H groups in total. The molecule has 0 saturated carbocycles. The molecule has 2 unspecified atom stereocenters. The van der Waals surface area contributed by atoms with Crippen molar-refractivity contribution in [1.82, 2.24) is 15.6 Å². The Kier molecular flexibility index (Phi) is 4.34. The first-order valence-electron chi connectivity index (χ1n) is 6.40. The molecule has 1 fully saturated rings. The molecule has 6 heteroatoms. The molecule has 2 atom stereocenters. The van der Waals surface area contributed by atoms with Crippen molar-refractivity contribution in [3.63, 3.8) is 0 Å². The Labute approximate surface area is 126 Å². The summed E-state index contributed by atoms with van der Waals surface area (Å²) in [6.07, 6.45) is 3.60. The van der Waals surface area contributed by atoms with Crippen LogP contribution in [0, 0.1) is 0 Å². The second-order valence-electron chi connectivity index (χ2n) is 4.52. The molecule has 1 aliphatic rings. The van der Waals surface area contributed by atoms with Gasteiger partial charge in [0.25, 0.3) is 0 Å². The number of thioether (sulfide) groups is 1. The molecule has 0 aromatic carbocycles. The third-order valence-electron chi connectivity index (χ3n) is 3.10. The molecule has 0 bridgehead atoms. The Bertz CT molecular complexity index is 559. The largest absolute Gasteiger partial charge is 0.350 e. The molecule has 2 aromatic heterocycles. The summed E-state index contributed by atoms with van der Waals surface area (Å²) in [4.78, 5) is 17.4. The average molecular weight is 305 g/mol. The molecule has 0 spiro atoms. The Morgan fingerprint density at radius 2 is 2.40 bits per heavy atom. The van der Waals surface area contributed by atoms with Crippen LogP contribution in [0.4, 0.5) is 0 Å². The lowest BCUT2D eigenvalue weighted by Crippen LogP contribution is -2.42. The maximum Gasteiger partial charge on any atom is 0.238 e. The maximum atomic E-state index is 12.1. The molecule has 0 aliphatic carbocycles. The third kappa shape index (κ3) is 3.20. The van der Waals surface area contributed by atoms with Gasteiger partial charge >= 0.3 is 0 Å². The molecular formula is C14H15N3OS2. The van der Waals surface area contributed by atoms with Crippen molar-refractivity contribution in [3.05, 3.63) is 52.5 Å². The number of nitrogens with one attached hydrogen (secondary N) is 2. The van der Waals surface area contributed by atoms with Crippen LogP contribution < -0.4 is 10.6 Å². The van der Waals surface area contributed by atoms with Gasteiger partial charge in [-0.25, -0.2) is 0 Å². The van der Waals surface area contributed by atoms with Crippen molar-refractivity contribution in [3.8, 4) is 0 Å². The summed E-state index contributed by atoms with van der Waals surface area (Å²) in [6.45, 7) is 0.608. The summed E-state index contributed by atoms with van der Waals surface area (Å²) in [5, 5.41) is 8.50. The van der Waals surface area contributed by atoms with E-state index in [1.54, 1.807) is 29.3 Å². The van der Waals surface area contributed by atoms with E-state index >= 15 is 0 Å². The van der Waals surface area contributed by atoms with Crippen molar-refractivity contribution < 1.29 is 4.79 Å². The maximum absolute atomic E-state index is 12.1. The highest BCUT2D eigenvalue weighted by atomic mass is 32.2. The van der Waals surface area contributed by atoms with E-state index in [1.165, 1.54) is 4.88 Å². The summed E-state index contributed by atoms with van der Waals surface area (Å²) in [5.41, 5.74) is 1.12. The molecule has 0 radical (unpaired) electrons. The van der Waals surface area contributed by atoms with Crippen molar-refractivity contribution in [1.29, 1.82) is 0 Å². The van der Waals surface area contributed by atoms with Crippen molar-refractivity contribution in [2.24, 2.45) is 0 Å². The van der Waals surface area contributed by atoms with Crippen LogP contribution in [0.3, 0.4) is 0 Å². The lowest BCUT2D eigenvalue weighted by atomic mass is 10.2. The normalized spacial score (nSPS) is 21.8. The smallest absolute Gasteiger partial charge is 0.238 e. The van der Waals surface area contributed by atoms with Crippen LogP contribution in [-0.4, -0.2) is 22.7 Å². The van der Waals surface area contributed by atoms with E-state index < -0.39 is 0 Å². The minimum Gasteiger partial charge on any atom is -0.350 e. The Morgan fingerprint density at radius 3 is 3.15 bits per heavy atom. The minimum atomic E-state index is -0.134. The average Bonchev–Trinajstić information content (AvgIpc) is 3.17. The van der Waals surface area contributed by atoms with Gasteiger partial charge in [0.05, 0.1) is 18.0 Å². The fraction of sp³-hybridized carbons (Fsp3) is 0.286. The van der Waals surface area contributed by atoms with Gasteiger partial charge in [-0.1, -0.05) is 12.1 Å². The lowest BCUT2D eigenvalue weighted by molar-refractivity contribution is -0.122. The van der Waals surface area contributed by atoms with Gasteiger partial charge in [0.1, 0.15) is 0 Å². The van der Waals surface area contributed by atoms with Gasteiger partial charge in [-0.05, 0) is 23.1 Å². The summed E-state index contributed by atoms with van der Waals surface area (Å²) in [6, 6.07) is 7.84. The highest BCUT2D eigenvalue weighted by Crippen LogP contribution is 2.32. The van der Waals surface area contributed by atoms with Crippen LogP contribution >= 0.6 is 23.1 Å². The first-order chi connectivity index (χ1) is 9.83. The first kappa shape index (κ1) is 13.6. The van der Waals surface area contributed by atoms with E-state index in [4.69, 9.17) is 0 Å². The fourth-order valence-electron chi connectivity index (χ4n) is 2.06. The topological polar surface area (TPSA) is 54.0 Å². The molecular weight excluding hydrogens is 290 g/mol. The summed E-state index contributed by atoms with van der Waals surface area (Å²) in [5.74, 6) is 0.854. The van der Waals surface area contributed by atoms with E-state index in [0.29, 0.717) is 6.54 Å². The zero-order valence-corrected chi connectivity index (χ0v) is 12.4. The standard InChI is InChI=1S/C14H15N3OS2/c18-13(16-8-11-4-2-6-19-11)12-9-20-14(17-12)10-3-1-5-15-7-10/h1-7,12,14,17H,8-9H2,(H,16,18). The predicted octanol–water partition coefficient (Wildman–Crippen LogP) is 2.16. The Balaban J connectivity index is 1.53. The van der Waals surface area contributed by atoms with Crippen LogP contribution in [-0.2, 0) is 11.3 Å². The van der Waals surface area contributed by atoms with Crippen molar-refractivity contribution in [2.45, 2.75) is 18.0 Å². The van der Waals surface area contributed by atoms with Crippen LogP contribution in [0.2, 0.25) is 0 Å². The molecule has 20 heavy (non-hydrogen) atoms. The van der Waals surface area contributed by atoms with Gasteiger partial charge in [-0.2, -0.15) is 0 Å². The van der Waals surface area contributed by atoms with Gasteiger partial charge in [0, 0.05) is 23.0 Å². The van der Waals surface area contributed by atoms with E-state index in [-0.39, 0.29) is 17.3 Å². The number of nitrogens with zero attached hydrogens (tertiary/aromatic N) is 1. The number of hydrogen-bond acceptors (Lipinski definition) is 5. The van der Waals surface area contributed by atoms with Crippen molar-refractivity contribution in [2.75, 3.05) is 5.75 Å². The summed E-state index contributed by atoms with van der Waals surface area (Å²) in [7, 11) is 0. The molecule has 4 nitrogen and oxygen atoms in total. The van der Waals surface area contributed by atoms with Gasteiger partial charge < -0.3 is 5.32 Å². The molecule has 3 rings (SSSR count). The predicted molar refractivity (Wildman–Crippen MR) is 82.5 cm³/mol. The zero-order chi connectivity index (χ0) is 13.8. The van der Waals surface area contributed by atoms with Crippen LogP contribution in [0.1, 0.15) is 15.8 Å². The van der Waals surface area contributed by atoms with E-state index in [1.807, 2.05) is 35.8 Å². The first-order valence-corrected chi connectivity index (χ1v) is 8.33. The second-order valence-corrected chi connectivity index (χ2v) is 6.69. The molecule has 1 saturated heterocycles. The Hall–Kier alpha value is -1.37. The quantitative estimate of drug-likeness (QED) is 0.909. The summed E-state index contributed by atoms with van der Waals surface area (Å²) >= 11 is 3.40. The van der Waals surface area contributed by atoms with Crippen LogP contribution in [0.25, 0.3) is 0 Å². The minimum absolute atomic E-state index is 0.0669. The van der Waals surface area contributed by atoms with E-state index in [2.05, 4.69) is 15.6 Å². The number of rotatable bonds is 4. The number of aromatic nitrogens is 1. The number of hydrogen-bond donors (Lipinski definition) is 2. The van der Waals surface area contributed by atoms with E-state index in [0.717, 1.165) is 11.3 Å². The second kappa shape index (κ2) is 6.39. The number of carbonyl (C=O) groups excluding carboxylic acids is 1. The SMILES string of the molecule is O=C(NCc1cccs1)C1CSC(c2cccnc2)N1. The number of carbonyl (C=O) groups is 1. The molecule has 1 aliphatic heterocycles. The lowest BCUT2D eigenvalue weighted by Gasteiger charge is -2.13. The summed E-state index contributed by atoms with van der Waals surface area (Å²) < 4.78 is 0. The van der Waals surface area contributed by atoms with E-state index in [9.17, 15) is 4.79 Å². The van der Waals surface area contributed by atoms with Gasteiger partial charge in [-0.15, -0.1) is 23.1 Å². The van der Waals surface area contributed by atoms with Crippen LogP contribution in [0.5, 0.6) is 0 Å².